The highest BCUT2D eigenvalue weighted by molar-refractivity contribution is 5.92. The third-order valence-electron chi connectivity index (χ3n) is 5.22. The number of nitrogens with zero attached hydrogens (tertiary/aromatic N) is 4. The minimum absolute atomic E-state index is 0.0279. The summed E-state index contributed by atoms with van der Waals surface area (Å²) in [6.45, 7) is 1.35. The Balaban J connectivity index is 1.31. The van der Waals surface area contributed by atoms with Gasteiger partial charge in [-0.2, -0.15) is 0 Å². The number of carbonyl (C=O) groups excluding carboxylic acids is 1. The number of amides is 1. The number of hydroxylamine groups is 1. The Kier molecular flexibility index (Phi) is 3.56. The normalized spacial score (nSPS) is 24.0. The van der Waals surface area contributed by atoms with E-state index in [0.717, 1.165) is 12.1 Å². The van der Waals surface area contributed by atoms with Gasteiger partial charge in [-0.25, -0.2) is 15.4 Å². The number of rotatable bonds is 3. The van der Waals surface area contributed by atoms with E-state index in [9.17, 15) is 13.6 Å². The van der Waals surface area contributed by atoms with Gasteiger partial charge in [0.1, 0.15) is 0 Å². The summed E-state index contributed by atoms with van der Waals surface area (Å²) in [5.74, 6) is -0.107. The van der Waals surface area contributed by atoms with Crippen LogP contribution < -0.4 is 24.8 Å². The predicted octanol–water partition coefficient (Wildman–Crippen LogP) is 1.38. The van der Waals surface area contributed by atoms with Crippen LogP contribution in [0.25, 0.3) is 0 Å². The summed E-state index contributed by atoms with van der Waals surface area (Å²) < 4.78 is 35.4. The highest BCUT2D eigenvalue weighted by atomic mass is 19.3. The summed E-state index contributed by atoms with van der Waals surface area (Å²) in [7, 11) is 0. The number of benzene rings is 1. The van der Waals surface area contributed by atoms with Crippen molar-refractivity contribution in [2.75, 3.05) is 22.9 Å². The number of nitrogens with one attached hydrogen (secondary N) is 1. The van der Waals surface area contributed by atoms with Gasteiger partial charge in [-0.1, -0.05) is 0 Å². The maximum Gasteiger partial charge on any atom is 0.586 e. The Morgan fingerprint density at radius 3 is 2.50 bits per heavy atom. The summed E-state index contributed by atoms with van der Waals surface area (Å²) in [6.07, 6.45) is -0.0314. The third-order valence-corrected chi connectivity index (χ3v) is 5.22. The largest absolute Gasteiger partial charge is 0.586 e. The number of halogens is 2. The van der Waals surface area contributed by atoms with Crippen LogP contribution in [0.15, 0.2) is 30.6 Å². The second-order valence-corrected chi connectivity index (χ2v) is 6.86. The fraction of sp³-hybridized carbons (Fsp3) is 0.353. The van der Waals surface area contributed by atoms with Gasteiger partial charge < -0.3 is 19.3 Å². The van der Waals surface area contributed by atoms with E-state index in [1.54, 1.807) is 12.1 Å². The molecule has 9 nitrogen and oxygen atoms in total. The molecule has 1 aromatic heterocycles. The van der Waals surface area contributed by atoms with Gasteiger partial charge in [-0.05, 0) is 18.6 Å². The summed E-state index contributed by atoms with van der Waals surface area (Å²) in [4.78, 5) is 24.0. The number of ether oxygens (including phenoxy) is 2. The molecule has 2 bridgehead atoms. The minimum atomic E-state index is -3.63. The predicted molar refractivity (Wildman–Crippen MR) is 90.8 cm³/mol. The zero-order valence-corrected chi connectivity index (χ0v) is 14.4. The van der Waals surface area contributed by atoms with Crippen molar-refractivity contribution in [3.63, 3.8) is 0 Å². The molecule has 2 aromatic rings. The molecule has 0 aliphatic carbocycles. The van der Waals surface area contributed by atoms with Crippen LogP contribution in [0.3, 0.4) is 0 Å². The highest BCUT2D eigenvalue weighted by Gasteiger charge is 2.46. The quantitative estimate of drug-likeness (QED) is 0.598. The van der Waals surface area contributed by atoms with Gasteiger partial charge in [0.05, 0.1) is 11.6 Å². The van der Waals surface area contributed by atoms with Gasteiger partial charge in [0.25, 0.3) is 5.91 Å². The molecule has 3 aliphatic rings. The molecule has 28 heavy (non-hydrogen) atoms. The zero-order valence-electron chi connectivity index (χ0n) is 14.4. The molecule has 2 unspecified atom stereocenters. The Bertz CT molecular complexity index is 942. The minimum Gasteiger partial charge on any atom is -0.395 e. The number of hydrogen-bond donors (Lipinski definition) is 2. The van der Waals surface area contributed by atoms with E-state index >= 15 is 0 Å². The van der Waals surface area contributed by atoms with E-state index in [-0.39, 0.29) is 29.1 Å². The molecular formula is C17H15F2N5O4. The molecule has 0 spiro atoms. The molecule has 0 radical (unpaired) electrons. The number of hydrogen-bond acceptors (Lipinski definition) is 8. The number of fused-ring (bicyclic) bond motifs is 3. The molecule has 0 saturated carbocycles. The van der Waals surface area contributed by atoms with Crippen molar-refractivity contribution in [3.05, 3.63) is 36.2 Å². The lowest BCUT2D eigenvalue weighted by atomic mass is 10.2. The highest BCUT2D eigenvalue weighted by Crippen LogP contribution is 2.44. The molecule has 1 aromatic carbocycles. The van der Waals surface area contributed by atoms with Crippen LogP contribution in [0.2, 0.25) is 0 Å². The average molecular weight is 391 g/mol. The maximum atomic E-state index is 13.2. The van der Waals surface area contributed by atoms with Crippen LogP contribution in [0.1, 0.15) is 16.8 Å². The van der Waals surface area contributed by atoms with Gasteiger partial charge in [0, 0.05) is 43.3 Å². The topological polar surface area (TPSA) is 100 Å². The van der Waals surface area contributed by atoms with Crippen LogP contribution in [0.4, 0.5) is 20.4 Å². The summed E-state index contributed by atoms with van der Waals surface area (Å²) >= 11 is 0. The lowest BCUT2D eigenvalue weighted by Gasteiger charge is -2.35. The maximum absolute atomic E-state index is 13.2. The second-order valence-electron chi connectivity index (χ2n) is 6.86. The van der Waals surface area contributed by atoms with E-state index < -0.39 is 12.2 Å². The van der Waals surface area contributed by atoms with Crippen molar-refractivity contribution in [1.29, 1.82) is 0 Å². The Morgan fingerprint density at radius 1 is 1.14 bits per heavy atom. The fourth-order valence-corrected chi connectivity index (χ4v) is 4.00. The summed E-state index contributed by atoms with van der Waals surface area (Å²) in [5.41, 5.74) is 2.49. The standard InChI is InChI=1S/C17H15F2N5O4/c18-17(19)27-13-2-1-10(4-14(13)28-17)23-7-12-3-11(23)8-24(12)16-20-5-9(6-21-16)15(25)22-26/h1-2,4-6,11-12,26H,3,7-8H2,(H,22,25). The van der Waals surface area contributed by atoms with Gasteiger partial charge in [-0.3, -0.25) is 10.0 Å². The molecule has 11 heteroatoms. The smallest absolute Gasteiger partial charge is 0.395 e. The second kappa shape index (κ2) is 5.89. The van der Waals surface area contributed by atoms with E-state index in [2.05, 4.69) is 29.2 Å². The van der Waals surface area contributed by atoms with E-state index in [4.69, 9.17) is 5.21 Å². The van der Waals surface area contributed by atoms with Gasteiger partial charge in [0.15, 0.2) is 11.5 Å². The summed E-state index contributed by atoms with van der Waals surface area (Å²) in [6, 6.07) is 5.14. The van der Waals surface area contributed by atoms with Crippen molar-refractivity contribution in [3.8, 4) is 11.5 Å². The van der Waals surface area contributed by atoms with Crippen molar-refractivity contribution in [2.45, 2.75) is 24.8 Å². The van der Waals surface area contributed by atoms with Gasteiger partial charge in [-0.15, -0.1) is 8.78 Å². The molecule has 2 atom stereocenters. The van der Waals surface area contributed by atoms with E-state index in [1.807, 2.05) is 0 Å². The molecule has 3 aliphatic heterocycles. The molecule has 146 valence electrons. The van der Waals surface area contributed by atoms with E-state index in [1.165, 1.54) is 23.9 Å². The van der Waals surface area contributed by atoms with Crippen LogP contribution >= 0.6 is 0 Å². The number of piperazine rings is 1. The first kappa shape index (κ1) is 16.9. The molecule has 2 saturated heterocycles. The fourth-order valence-electron chi connectivity index (χ4n) is 4.00. The van der Waals surface area contributed by atoms with Crippen LogP contribution in [-0.2, 0) is 0 Å². The van der Waals surface area contributed by atoms with Crippen LogP contribution in [-0.4, -0.2) is 52.6 Å². The van der Waals surface area contributed by atoms with Crippen molar-refractivity contribution < 1.29 is 28.3 Å². The van der Waals surface area contributed by atoms with Gasteiger partial charge in [0.2, 0.25) is 5.95 Å². The lowest BCUT2D eigenvalue weighted by molar-refractivity contribution is -0.286. The van der Waals surface area contributed by atoms with Crippen molar-refractivity contribution >= 4 is 17.5 Å². The lowest BCUT2D eigenvalue weighted by Crippen LogP contribution is -2.47. The molecule has 4 heterocycles. The summed E-state index contributed by atoms with van der Waals surface area (Å²) in [5, 5.41) is 8.65. The number of anilines is 2. The third kappa shape index (κ3) is 2.66. The molecular weight excluding hydrogens is 376 g/mol. The van der Waals surface area contributed by atoms with Crippen molar-refractivity contribution in [2.24, 2.45) is 0 Å². The molecule has 2 fully saturated rings. The van der Waals surface area contributed by atoms with Crippen molar-refractivity contribution in [1.82, 2.24) is 15.4 Å². The Labute approximate surface area is 157 Å². The molecule has 2 N–H and O–H groups in total. The number of alkyl halides is 2. The Hall–Kier alpha value is -3.21. The monoisotopic (exact) mass is 391 g/mol. The number of aromatic nitrogens is 2. The number of carbonyl (C=O) groups is 1. The first-order valence-corrected chi connectivity index (χ1v) is 8.63. The molecule has 5 rings (SSSR count). The SMILES string of the molecule is O=C(NO)c1cnc(N2CC3CC2CN3c2ccc3c(c2)OC(F)(F)O3)nc1. The molecule has 1 amide bonds. The van der Waals surface area contributed by atoms with E-state index in [0.29, 0.717) is 19.0 Å². The van der Waals surface area contributed by atoms with Gasteiger partial charge >= 0.3 is 6.29 Å². The Morgan fingerprint density at radius 2 is 1.82 bits per heavy atom. The average Bonchev–Trinajstić information content (AvgIpc) is 3.37. The van der Waals surface area contributed by atoms with Crippen LogP contribution in [0, 0.1) is 0 Å². The zero-order chi connectivity index (χ0) is 19.5. The first-order valence-electron chi connectivity index (χ1n) is 8.63. The van der Waals surface area contributed by atoms with Crippen LogP contribution in [0.5, 0.6) is 11.5 Å². The first-order chi connectivity index (χ1) is 13.4.